The lowest BCUT2D eigenvalue weighted by atomic mass is 10.1. The number of benzene rings is 2. The maximum absolute atomic E-state index is 12.5. The zero-order valence-electron chi connectivity index (χ0n) is 14.3. The highest BCUT2D eigenvalue weighted by Crippen LogP contribution is 2.47. The second kappa shape index (κ2) is 6.52. The van der Waals surface area contributed by atoms with Crippen molar-refractivity contribution in [1.29, 1.82) is 0 Å². The van der Waals surface area contributed by atoms with Crippen molar-refractivity contribution < 1.29 is 14.3 Å². The van der Waals surface area contributed by atoms with Crippen molar-refractivity contribution in [2.75, 3.05) is 31.5 Å². The number of anilines is 1. The van der Waals surface area contributed by atoms with E-state index in [0.29, 0.717) is 12.3 Å². The molecule has 1 saturated heterocycles. The van der Waals surface area contributed by atoms with Crippen molar-refractivity contribution in [1.82, 2.24) is 4.90 Å². The van der Waals surface area contributed by atoms with Gasteiger partial charge in [0.25, 0.3) is 0 Å². The van der Waals surface area contributed by atoms with Gasteiger partial charge in [0, 0.05) is 31.9 Å². The van der Waals surface area contributed by atoms with Crippen LogP contribution in [0.2, 0.25) is 0 Å². The van der Waals surface area contributed by atoms with E-state index in [-0.39, 0.29) is 18.1 Å². The average molecular weight is 356 g/mol. The summed E-state index contributed by atoms with van der Waals surface area (Å²) in [4.78, 5) is 16.4. The van der Waals surface area contributed by atoms with Gasteiger partial charge in [0.1, 0.15) is 5.37 Å². The van der Waals surface area contributed by atoms with E-state index in [4.69, 9.17) is 9.47 Å². The summed E-state index contributed by atoms with van der Waals surface area (Å²) >= 11 is 1.64. The molecule has 0 radical (unpaired) electrons. The van der Waals surface area contributed by atoms with Gasteiger partial charge >= 0.3 is 0 Å². The van der Waals surface area contributed by atoms with Gasteiger partial charge in [-0.2, -0.15) is 0 Å². The molecule has 1 amide bonds. The highest BCUT2D eigenvalue weighted by atomic mass is 32.2. The van der Waals surface area contributed by atoms with Crippen LogP contribution in [0.25, 0.3) is 0 Å². The van der Waals surface area contributed by atoms with Crippen LogP contribution in [0, 0.1) is 0 Å². The Morgan fingerprint density at radius 2 is 1.96 bits per heavy atom. The maximum Gasteiger partial charge on any atom is 0.234 e. The van der Waals surface area contributed by atoms with Crippen LogP contribution in [0.15, 0.2) is 42.5 Å². The van der Waals surface area contributed by atoms with Crippen molar-refractivity contribution in [2.24, 2.45) is 0 Å². The number of hydrogen-bond acceptors (Lipinski definition) is 5. The monoisotopic (exact) mass is 356 g/mol. The lowest BCUT2D eigenvalue weighted by molar-refractivity contribution is -0.128. The Balaban J connectivity index is 1.59. The molecule has 1 fully saturated rings. The number of para-hydroxylation sites is 1. The van der Waals surface area contributed by atoms with Crippen molar-refractivity contribution >= 4 is 23.4 Å². The first kappa shape index (κ1) is 16.1. The Hall–Kier alpha value is -2.34. The molecule has 1 unspecified atom stereocenters. The second-order valence-electron chi connectivity index (χ2n) is 6.33. The third-order valence-corrected chi connectivity index (χ3v) is 5.70. The summed E-state index contributed by atoms with van der Waals surface area (Å²) in [5, 5.41) is -0.0438. The first-order valence-electron chi connectivity index (χ1n) is 8.19. The van der Waals surface area contributed by atoms with E-state index in [9.17, 15) is 4.79 Å². The summed E-state index contributed by atoms with van der Waals surface area (Å²) in [6, 6.07) is 14.2. The highest BCUT2D eigenvalue weighted by Gasteiger charge is 2.36. The average Bonchev–Trinajstić information content (AvgIpc) is 3.23. The number of carbonyl (C=O) groups excluding carboxylic acids is 1. The van der Waals surface area contributed by atoms with E-state index >= 15 is 0 Å². The molecule has 2 aromatic rings. The summed E-state index contributed by atoms with van der Waals surface area (Å²) in [6.45, 7) is 0.832. The Labute approximate surface area is 151 Å². The number of amides is 1. The van der Waals surface area contributed by atoms with Crippen LogP contribution in [0.5, 0.6) is 11.5 Å². The van der Waals surface area contributed by atoms with Gasteiger partial charge in [-0.05, 0) is 23.8 Å². The summed E-state index contributed by atoms with van der Waals surface area (Å²) in [6.07, 6.45) is 0. The maximum atomic E-state index is 12.5. The fourth-order valence-corrected chi connectivity index (χ4v) is 4.33. The fraction of sp³-hybridized carbons (Fsp3) is 0.316. The van der Waals surface area contributed by atoms with Gasteiger partial charge in [-0.15, -0.1) is 11.8 Å². The normalized spacial score (nSPS) is 18.7. The quantitative estimate of drug-likeness (QED) is 0.841. The van der Waals surface area contributed by atoms with Crippen molar-refractivity contribution in [3.8, 4) is 11.5 Å². The molecule has 4 rings (SSSR count). The van der Waals surface area contributed by atoms with E-state index in [0.717, 1.165) is 28.3 Å². The first-order chi connectivity index (χ1) is 12.1. The molecular formula is C19H20N2O3S. The van der Waals surface area contributed by atoms with Crippen LogP contribution in [-0.2, 0) is 11.3 Å². The molecule has 2 aliphatic rings. The van der Waals surface area contributed by atoms with Gasteiger partial charge in [0.2, 0.25) is 12.7 Å². The second-order valence-corrected chi connectivity index (χ2v) is 7.40. The summed E-state index contributed by atoms with van der Waals surface area (Å²) < 4.78 is 11.1. The molecule has 0 aromatic heterocycles. The molecule has 0 spiro atoms. The molecule has 0 saturated carbocycles. The van der Waals surface area contributed by atoms with Crippen molar-refractivity contribution in [3.05, 3.63) is 53.6 Å². The molecule has 2 heterocycles. The molecule has 2 aliphatic heterocycles. The molecule has 0 bridgehead atoms. The summed E-state index contributed by atoms with van der Waals surface area (Å²) in [5.41, 5.74) is 3.28. The Morgan fingerprint density at radius 3 is 2.72 bits per heavy atom. The Bertz CT molecular complexity index is 792. The van der Waals surface area contributed by atoms with Gasteiger partial charge in [-0.3, -0.25) is 4.79 Å². The number of carbonyl (C=O) groups is 1. The van der Waals surface area contributed by atoms with E-state index in [2.05, 4.69) is 29.2 Å². The van der Waals surface area contributed by atoms with Gasteiger partial charge in [0.05, 0.1) is 5.75 Å². The summed E-state index contributed by atoms with van der Waals surface area (Å²) in [5.74, 6) is 2.17. The van der Waals surface area contributed by atoms with Crippen LogP contribution in [0.4, 0.5) is 5.69 Å². The van der Waals surface area contributed by atoms with Gasteiger partial charge in [-0.1, -0.05) is 24.3 Å². The molecule has 6 heteroatoms. The Kier molecular flexibility index (Phi) is 4.21. The standard InChI is InChI=1S/C19H20N2O3S/c1-20(2)14-8-6-13(7-9-14)10-21-17(22)11-25-19(21)15-4-3-5-16-18(15)24-12-23-16/h3-9,19H,10-12H2,1-2H3. The topological polar surface area (TPSA) is 42.0 Å². The van der Waals surface area contributed by atoms with E-state index < -0.39 is 0 Å². The lowest BCUT2D eigenvalue weighted by Gasteiger charge is -2.25. The number of nitrogens with zero attached hydrogens (tertiary/aromatic N) is 2. The SMILES string of the molecule is CN(C)c1ccc(CN2C(=O)CSC2c2cccc3c2OCO3)cc1. The van der Waals surface area contributed by atoms with Gasteiger partial charge in [0.15, 0.2) is 11.5 Å². The molecule has 1 atom stereocenters. The van der Waals surface area contributed by atoms with Crippen LogP contribution in [-0.4, -0.2) is 37.4 Å². The number of rotatable bonds is 4. The molecular weight excluding hydrogens is 336 g/mol. The molecule has 25 heavy (non-hydrogen) atoms. The zero-order chi connectivity index (χ0) is 17.4. The minimum absolute atomic E-state index is 0.0438. The van der Waals surface area contributed by atoms with Gasteiger partial charge in [-0.25, -0.2) is 0 Å². The molecule has 130 valence electrons. The minimum atomic E-state index is -0.0438. The molecule has 0 N–H and O–H groups in total. The van der Waals surface area contributed by atoms with Crippen molar-refractivity contribution in [3.63, 3.8) is 0 Å². The number of thioether (sulfide) groups is 1. The lowest BCUT2D eigenvalue weighted by Crippen LogP contribution is -2.27. The zero-order valence-corrected chi connectivity index (χ0v) is 15.1. The third-order valence-electron chi connectivity index (χ3n) is 4.47. The highest BCUT2D eigenvalue weighted by molar-refractivity contribution is 8.00. The number of ether oxygens (including phenoxy) is 2. The largest absolute Gasteiger partial charge is 0.454 e. The number of hydrogen-bond donors (Lipinski definition) is 0. The van der Waals surface area contributed by atoms with Crippen LogP contribution in [0.1, 0.15) is 16.5 Å². The Morgan fingerprint density at radius 1 is 1.16 bits per heavy atom. The predicted molar refractivity (Wildman–Crippen MR) is 99.1 cm³/mol. The van der Waals surface area contributed by atoms with Gasteiger partial charge < -0.3 is 19.3 Å². The summed E-state index contributed by atoms with van der Waals surface area (Å²) in [7, 11) is 4.04. The fourth-order valence-electron chi connectivity index (χ4n) is 3.13. The van der Waals surface area contributed by atoms with E-state index in [1.165, 1.54) is 0 Å². The van der Waals surface area contributed by atoms with Crippen molar-refractivity contribution in [2.45, 2.75) is 11.9 Å². The third kappa shape index (κ3) is 3.02. The number of fused-ring (bicyclic) bond motifs is 1. The van der Waals surface area contributed by atoms with E-state index in [1.54, 1.807) is 11.8 Å². The predicted octanol–water partition coefficient (Wildman–Crippen LogP) is 3.26. The first-order valence-corrected chi connectivity index (χ1v) is 9.24. The molecule has 0 aliphatic carbocycles. The van der Waals surface area contributed by atoms with Crippen LogP contribution < -0.4 is 14.4 Å². The molecule has 5 nitrogen and oxygen atoms in total. The van der Waals surface area contributed by atoms with E-state index in [1.807, 2.05) is 37.2 Å². The van der Waals surface area contributed by atoms with Crippen LogP contribution >= 0.6 is 11.8 Å². The smallest absolute Gasteiger partial charge is 0.234 e. The minimum Gasteiger partial charge on any atom is -0.454 e. The van der Waals surface area contributed by atoms with Crippen LogP contribution in [0.3, 0.4) is 0 Å². The molecule has 2 aromatic carbocycles.